The van der Waals surface area contributed by atoms with Crippen LogP contribution in [0, 0.1) is 0 Å². The second-order valence-corrected chi connectivity index (χ2v) is 19.7. The Labute approximate surface area is 174 Å². The smallest absolute Gasteiger partial charge is 0.174 e. The van der Waals surface area contributed by atoms with E-state index in [1.54, 1.807) is 0 Å². The Morgan fingerprint density at radius 2 is 1.39 bits per heavy atom. The maximum atomic E-state index is 14.8. The van der Waals surface area contributed by atoms with Crippen molar-refractivity contribution in [3.05, 3.63) is 18.2 Å². The van der Waals surface area contributed by atoms with Gasteiger partial charge in [0.15, 0.2) is 5.59 Å². The summed E-state index contributed by atoms with van der Waals surface area (Å²) in [5.74, 6) is 1.73. The zero-order valence-electron chi connectivity index (χ0n) is 19.9. The number of hydrogen-bond donors (Lipinski definition) is 0. The lowest BCUT2D eigenvalue weighted by Gasteiger charge is -2.47. The lowest BCUT2D eigenvalue weighted by molar-refractivity contribution is 0.132. The monoisotopic (exact) mass is 426 g/mol. The molecule has 160 valence electrons. The topological polar surface area (TPSA) is 35.5 Å². The van der Waals surface area contributed by atoms with E-state index in [0.29, 0.717) is 0 Å². The van der Waals surface area contributed by atoms with Gasteiger partial charge in [-0.3, -0.25) is 0 Å². The number of ether oxygens (including phenoxy) is 2. The van der Waals surface area contributed by atoms with E-state index < -0.39 is 15.1 Å². The molecule has 3 nitrogen and oxygen atoms in total. The molecule has 0 N–H and O–H groups in total. The van der Waals surface area contributed by atoms with Gasteiger partial charge >= 0.3 is 0 Å². The Morgan fingerprint density at radius 1 is 0.893 bits per heavy atom. The maximum absolute atomic E-state index is 14.8. The molecule has 0 saturated carbocycles. The number of fused-ring (bicyclic) bond motifs is 1. The van der Waals surface area contributed by atoms with Crippen molar-refractivity contribution >= 4 is 20.4 Å². The summed E-state index contributed by atoms with van der Waals surface area (Å²) in [5, 5.41) is 0.372. The van der Waals surface area contributed by atoms with Gasteiger partial charge in [-0.25, -0.2) is 0 Å². The van der Waals surface area contributed by atoms with Crippen LogP contribution in [0.4, 0.5) is 0 Å². The van der Waals surface area contributed by atoms with Gasteiger partial charge in [0.1, 0.15) is 24.2 Å². The lowest BCUT2D eigenvalue weighted by atomic mass is 10.2. The summed E-state index contributed by atoms with van der Waals surface area (Å²) in [6.45, 7) is 25.6. The molecule has 2 atom stereocenters. The predicted molar refractivity (Wildman–Crippen MR) is 125 cm³/mol. The van der Waals surface area contributed by atoms with Gasteiger partial charge in [0, 0.05) is 10.3 Å². The first kappa shape index (κ1) is 23.8. The molecule has 0 radical (unpaired) electrons. The molecule has 28 heavy (non-hydrogen) atoms. The van der Waals surface area contributed by atoms with Gasteiger partial charge in [-0.2, -0.15) is 0 Å². The van der Waals surface area contributed by atoms with Crippen molar-refractivity contribution in [2.75, 3.05) is 0 Å². The Bertz CT molecular complexity index is 753. The van der Waals surface area contributed by atoms with E-state index in [-0.39, 0.29) is 26.7 Å². The average molecular weight is 427 g/mol. The Balaban J connectivity index is 2.76. The summed E-state index contributed by atoms with van der Waals surface area (Å²) in [7, 11) is -3.66. The van der Waals surface area contributed by atoms with Crippen LogP contribution in [-0.2, 0) is 4.57 Å². The largest absolute Gasteiger partial charge is 0.487 e. The van der Waals surface area contributed by atoms with Crippen LogP contribution in [0.2, 0.25) is 0 Å². The van der Waals surface area contributed by atoms with Crippen molar-refractivity contribution < 1.29 is 14.0 Å². The highest BCUT2D eigenvalue weighted by molar-refractivity contribution is 7.84. The number of benzene rings is 1. The first-order valence-corrected chi connectivity index (χ1v) is 13.4. The molecular formula is C23H40O3P2. The third-order valence-corrected chi connectivity index (χ3v) is 14.4. The third-order valence-electron chi connectivity index (χ3n) is 5.10. The molecule has 0 aromatic heterocycles. The highest BCUT2D eigenvalue weighted by atomic mass is 31.2. The fourth-order valence-corrected chi connectivity index (χ4v) is 15.0. The van der Waals surface area contributed by atoms with Crippen LogP contribution >= 0.6 is 15.1 Å². The zero-order chi connectivity index (χ0) is 21.9. The molecule has 0 spiro atoms. The minimum Gasteiger partial charge on any atom is -0.487 e. The minimum atomic E-state index is -2.79. The van der Waals surface area contributed by atoms with Crippen LogP contribution in [0.15, 0.2) is 18.2 Å². The molecule has 0 aliphatic carbocycles. The summed E-state index contributed by atoms with van der Waals surface area (Å²) in [6.07, 6.45) is 0. The van der Waals surface area contributed by atoms with E-state index >= 15 is 0 Å². The van der Waals surface area contributed by atoms with Crippen molar-refractivity contribution in [2.45, 2.75) is 110 Å². The minimum absolute atomic E-state index is 0.0608. The molecule has 1 aromatic carbocycles. The van der Waals surface area contributed by atoms with Crippen LogP contribution < -0.4 is 14.8 Å². The molecule has 0 bridgehead atoms. The molecule has 1 aromatic rings. The lowest BCUT2D eigenvalue weighted by Crippen LogP contribution is -2.38. The van der Waals surface area contributed by atoms with E-state index in [9.17, 15) is 4.57 Å². The molecular weight excluding hydrogens is 386 g/mol. The van der Waals surface area contributed by atoms with Gasteiger partial charge in [0.25, 0.3) is 0 Å². The Kier molecular flexibility index (Phi) is 5.96. The van der Waals surface area contributed by atoms with Gasteiger partial charge in [-0.05, 0) is 46.0 Å². The van der Waals surface area contributed by atoms with E-state index in [1.165, 1.54) is 0 Å². The van der Waals surface area contributed by atoms with Crippen LogP contribution in [0.25, 0.3) is 0 Å². The summed E-state index contributed by atoms with van der Waals surface area (Å²) < 4.78 is 27.8. The Morgan fingerprint density at radius 3 is 1.79 bits per heavy atom. The molecule has 1 aliphatic heterocycles. The Hall–Kier alpha value is -0.520. The van der Waals surface area contributed by atoms with E-state index in [4.69, 9.17) is 9.47 Å². The molecule has 0 saturated heterocycles. The summed E-state index contributed by atoms with van der Waals surface area (Å²) >= 11 is 0. The molecule has 1 aliphatic rings. The van der Waals surface area contributed by atoms with Crippen LogP contribution in [0.5, 0.6) is 11.5 Å². The first-order chi connectivity index (χ1) is 12.3. The summed E-state index contributed by atoms with van der Waals surface area (Å²) in [5.41, 5.74) is -0.605. The van der Waals surface area contributed by atoms with Gasteiger partial charge in [0.05, 0.1) is 5.30 Å². The summed E-state index contributed by atoms with van der Waals surface area (Å²) in [4.78, 5) is 0. The molecule has 0 unspecified atom stereocenters. The number of rotatable bonds is 2. The van der Waals surface area contributed by atoms with E-state index in [0.717, 1.165) is 16.8 Å². The van der Waals surface area contributed by atoms with Crippen molar-refractivity contribution in [1.82, 2.24) is 0 Å². The maximum Gasteiger partial charge on any atom is 0.174 e. The highest BCUT2D eigenvalue weighted by Crippen LogP contribution is 2.80. The summed E-state index contributed by atoms with van der Waals surface area (Å²) in [6, 6.07) is 6.04. The van der Waals surface area contributed by atoms with Crippen LogP contribution in [0.3, 0.4) is 0 Å². The van der Waals surface area contributed by atoms with Crippen molar-refractivity contribution in [3.63, 3.8) is 0 Å². The van der Waals surface area contributed by atoms with Gasteiger partial charge in [0.2, 0.25) is 0 Å². The first-order valence-electron chi connectivity index (χ1n) is 10.2. The molecule has 1 heterocycles. The highest BCUT2D eigenvalue weighted by Gasteiger charge is 2.60. The fraction of sp³-hybridized carbons (Fsp3) is 0.739. The fourth-order valence-electron chi connectivity index (χ4n) is 4.10. The van der Waals surface area contributed by atoms with E-state index in [1.807, 2.05) is 18.2 Å². The quantitative estimate of drug-likeness (QED) is 0.462. The standard InChI is InChI=1S/C23H40O3P2/c1-20(2,3)26-17-15-13-14-16-18(17)27(21(4,5)6)19(25-16)28(24,22(7,8)9)23(10,11)12/h13-15,19H,1-12H3/t19-,27-/m0/s1. The molecule has 5 heteroatoms. The van der Waals surface area contributed by atoms with Crippen molar-refractivity contribution in [2.24, 2.45) is 0 Å². The SMILES string of the molecule is CC(C)(C)Oc1cccc2c1[P@](C(C)(C)C)[C@@H](P(=O)(C(C)(C)C)C(C)(C)C)O2. The molecule has 0 amide bonds. The van der Waals surface area contributed by atoms with Crippen molar-refractivity contribution in [1.29, 1.82) is 0 Å². The number of hydrogen-bond acceptors (Lipinski definition) is 3. The van der Waals surface area contributed by atoms with Gasteiger partial charge in [-0.15, -0.1) is 0 Å². The van der Waals surface area contributed by atoms with Crippen LogP contribution in [0.1, 0.15) is 83.1 Å². The molecule has 2 rings (SSSR count). The van der Waals surface area contributed by atoms with E-state index in [2.05, 4.69) is 83.1 Å². The van der Waals surface area contributed by atoms with Gasteiger partial charge < -0.3 is 14.0 Å². The third kappa shape index (κ3) is 4.17. The average Bonchev–Trinajstić information content (AvgIpc) is 2.82. The zero-order valence-corrected chi connectivity index (χ0v) is 21.7. The molecule has 0 fully saturated rings. The van der Waals surface area contributed by atoms with Gasteiger partial charge in [-0.1, -0.05) is 68.4 Å². The second kappa shape index (κ2) is 7.02. The predicted octanol–water partition coefficient (Wildman–Crippen LogP) is 7.41. The normalized spacial score (nSPS) is 21.3. The second-order valence-electron chi connectivity index (χ2n) is 11.8. The van der Waals surface area contributed by atoms with Crippen LogP contribution in [-0.4, -0.2) is 26.7 Å². The van der Waals surface area contributed by atoms with Crippen molar-refractivity contribution in [3.8, 4) is 11.5 Å².